The van der Waals surface area contributed by atoms with Crippen molar-refractivity contribution in [3.63, 3.8) is 0 Å². The van der Waals surface area contributed by atoms with Crippen LogP contribution >= 0.6 is 0 Å². The summed E-state index contributed by atoms with van der Waals surface area (Å²) in [5, 5.41) is 16.1. The van der Waals surface area contributed by atoms with Crippen LogP contribution in [0.4, 0.5) is 0 Å². The van der Waals surface area contributed by atoms with Crippen LogP contribution in [-0.2, 0) is 19.5 Å². The molecule has 1 N–H and O–H groups in total. The molecule has 110 valence electrons. The molecule has 2 aromatic heterocycles. The van der Waals surface area contributed by atoms with Crippen molar-refractivity contribution in [3.8, 4) is 0 Å². The van der Waals surface area contributed by atoms with Crippen LogP contribution in [0.1, 0.15) is 31.1 Å². The van der Waals surface area contributed by atoms with Crippen molar-refractivity contribution in [2.45, 2.75) is 53.2 Å². The average molecular weight is 276 g/mol. The van der Waals surface area contributed by atoms with E-state index in [2.05, 4.69) is 56.7 Å². The average Bonchev–Trinajstić information content (AvgIpc) is 2.96. The van der Waals surface area contributed by atoms with Gasteiger partial charge in [0.05, 0.1) is 12.2 Å². The zero-order valence-corrected chi connectivity index (χ0v) is 12.8. The van der Waals surface area contributed by atoms with E-state index in [9.17, 15) is 0 Å². The fraction of sp³-hybridized carbons (Fsp3) is 0.643. The molecule has 2 heterocycles. The lowest BCUT2D eigenvalue weighted by Crippen LogP contribution is -2.33. The predicted octanol–water partition coefficient (Wildman–Crippen LogP) is 1.33. The first-order chi connectivity index (χ1) is 9.60. The fourth-order valence-corrected chi connectivity index (χ4v) is 2.35. The van der Waals surface area contributed by atoms with Gasteiger partial charge in [0.1, 0.15) is 12.2 Å². The van der Waals surface area contributed by atoms with Gasteiger partial charge < -0.3 is 9.88 Å². The van der Waals surface area contributed by atoms with Crippen LogP contribution in [0.15, 0.2) is 12.4 Å². The third kappa shape index (κ3) is 3.66. The summed E-state index contributed by atoms with van der Waals surface area (Å²) in [5.74, 6) is 1.04. The molecular formula is C14H24N6. The molecule has 0 aliphatic carbocycles. The van der Waals surface area contributed by atoms with Gasteiger partial charge in [-0.2, -0.15) is 5.10 Å². The van der Waals surface area contributed by atoms with E-state index < -0.39 is 0 Å². The number of hydrogen-bond acceptors (Lipinski definition) is 4. The van der Waals surface area contributed by atoms with Gasteiger partial charge in [-0.1, -0.05) is 0 Å². The van der Waals surface area contributed by atoms with Crippen LogP contribution in [0.3, 0.4) is 0 Å². The van der Waals surface area contributed by atoms with Gasteiger partial charge in [-0.15, -0.1) is 10.2 Å². The van der Waals surface area contributed by atoms with E-state index in [1.54, 1.807) is 6.33 Å². The zero-order chi connectivity index (χ0) is 14.5. The number of nitrogens with one attached hydrogen (secondary N) is 1. The minimum absolute atomic E-state index is 0.381. The molecule has 0 aliphatic heterocycles. The Morgan fingerprint density at radius 1 is 1.35 bits per heavy atom. The molecule has 6 heteroatoms. The van der Waals surface area contributed by atoms with E-state index in [1.807, 2.05) is 6.92 Å². The van der Waals surface area contributed by atoms with E-state index in [-0.39, 0.29) is 0 Å². The van der Waals surface area contributed by atoms with Gasteiger partial charge in [-0.3, -0.25) is 4.68 Å². The summed E-state index contributed by atoms with van der Waals surface area (Å²) in [4.78, 5) is 0. The van der Waals surface area contributed by atoms with Crippen molar-refractivity contribution in [2.75, 3.05) is 6.54 Å². The molecule has 20 heavy (non-hydrogen) atoms. The lowest BCUT2D eigenvalue weighted by atomic mass is 10.3. The summed E-state index contributed by atoms with van der Waals surface area (Å²) in [5.41, 5.74) is 2.28. The third-order valence-corrected chi connectivity index (χ3v) is 3.43. The molecule has 0 aromatic carbocycles. The smallest absolute Gasteiger partial charge is 0.134 e. The maximum Gasteiger partial charge on any atom is 0.134 e. The Bertz CT molecular complexity index is 542. The van der Waals surface area contributed by atoms with Crippen LogP contribution in [0.25, 0.3) is 0 Å². The van der Waals surface area contributed by atoms with Gasteiger partial charge in [0.2, 0.25) is 0 Å². The molecule has 2 aromatic rings. The van der Waals surface area contributed by atoms with Crippen LogP contribution in [0.5, 0.6) is 0 Å². The molecule has 0 spiro atoms. The SMILES string of the molecule is CCn1cnnc1CCNC(C)Cn1nc(C)cc1C. The number of hydrogen-bond donors (Lipinski definition) is 1. The molecule has 2 rings (SSSR count). The maximum atomic E-state index is 4.49. The Morgan fingerprint density at radius 3 is 2.80 bits per heavy atom. The topological polar surface area (TPSA) is 60.6 Å². The second-order valence-corrected chi connectivity index (χ2v) is 5.25. The molecule has 0 saturated heterocycles. The Morgan fingerprint density at radius 2 is 2.15 bits per heavy atom. The lowest BCUT2D eigenvalue weighted by Gasteiger charge is -2.15. The van der Waals surface area contributed by atoms with Crippen LogP contribution in [0.2, 0.25) is 0 Å². The quantitative estimate of drug-likeness (QED) is 0.829. The van der Waals surface area contributed by atoms with Gasteiger partial charge in [0.15, 0.2) is 0 Å². The molecule has 0 saturated carbocycles. The highest BCUT2D eigenvalue weighted by Crippen LogP contribution is 2.03. The van der Waals surface area contributed by atoms with Crippen LogP contribution < -0.4 is 5.32 Å². The molecule has 0 bridgehead atoms. The first kappa shape index (κ1) is 14.7. The third-order valence-electron chi connectivity index (χ3n) is 3.43. The minimum atomic E-state index is 0.381. The summed E-state index contributed by atoms with van der Waals surface area (Å²) in [6.07, 6.45) is 2.68. The highest BCUT2D eigenvalue weighted by Gasteiger charge is 2.07. The van der Waals surface area contributed by atoms with Crippen molar-refractivity contribution in [3.05, 3.63) is 29.6 Å². The first-order valence-corrected chi connectivity index (χ1v) is 7.21. The van der Waals surface area contributed by atoms with Crippen molar-refractivity contribution in [1.29, 1.82) is 0 Å². The zero-order valence-electron chi connectivity index (χ0n) is 12.8. The first-order valence-electron chi connectivity index (χ1n) is 7.21. The molecular weight excluding hydrogens is 252 g/mol. The van der Waals surface area contributed by atoms with E-state index in [0.717, 1.165) is 37.6 Å². The summed E-state index contributed by atoms with van der Waals surface area (Å²) in [7, 11) is 0. The van der Waals surface area contributed by atoms with Gasteiger partial charge in [-0.05, 0) is 33.8 Å². The Balaban J connectivity index is 1.78. The Labute approximate surface area is 120 Å². The number of nitrogens with zero attached hydrogens (tertiary/aromatic N) is 5. The van der Waals surface area contributed by atoms with Crippen molar-refractivity contribution in [2.24, 2.45) is 0 Å². The van der Waals surface area contributed by atoms with Crippen molar-refractivity contribution >= 4 is 0 Å². The second kappa shape index (κ2) is 6.65. The van der Waals surface area contributed by atoms with Crippen LogP contribution in [-0.4, -0.2) is 37.1 Å². The van der Waals surface area contributed by atoms with Crippen molar-refractivity contribution in [1.82, 2.24) is 29.9 Å². The molecule has 0 fully saturated rings. The fourth-order valence-electron chi connectivity index (χ4n) is 2.35. The summed E-state index contributed by atoms with van der Waals surface area (Å²) in [6, 6.07) is 2.49. The monoisotopic (exact) mass is 276 g/mol. The number of aryl methyl sites for hydroxylation is 3. The highest BCUT2D eigenvalue weighted by atomic mass is 15.3. The van der Waals surface area contributed by atoms with E-state index in [1.165, 1.54) is 5.69 Å². The number of rotatable bonds is 7. The number of aromatic nitrogens is 5. The summed E-state index contributed by atoms with van der Waals surface area (Å²) < 4.78 is 4.13. The predicted molar refractivity (Wildman–Crippen MR) is 78.6 cm³/mol. The van der Waals surface area contributed by atoms with Gasteiger partial charge in [0, 0.05) is 31.2 Å². The van der Waals surface area contributed by atoms with Gasteiger partial charge >= 0.3 is 0 Å². The summed E-state index contributed by atoms with van der Waals surface area (Å²) >= 11 is 0. The molecule has 0 aliphatic rings. The van der Waals surface area contributed by atoms with Gasteiger partial charge in [0.25, 0.3) is 0 Å². The Hall–Kier alpha value is -1.69. The van der Waals surface area contributed by atoms with Crippen molar-refractivity contribution < 1.29 is 0 Å². The normalized spacial score (nSPS) is 12.8. The Kier molecular flexibility index (Phi) is 4.89. The lowest BCUT2D eigenvalue weighted by molar-refractivity contribution is 0.444. The molecule has 1 unspecified atom stereocenters. The van der Waals surface area contributed by atoms with E-state index in [0.29, 0.717) is 6.04 Å². The molecule has 6 nitrogen and oxygen atoms in total. The highest BCUT2D eigenvalue weighted by molar-refractivity contribution is 5.06. The molecule has 1 atom stereocenters. The molecule has 0 amide bonds. The van der Waals surface area contributed by atoms with Crippen LogP contribution in [0, 0.1) is 13.8 Å². The largest absolute Gasteiger partial charge is 0.318 e. The standard InChI is InChI=1S/C14H24N6/c1-5-19-10-16-17-14(19)6-7-15-12(3)9-20-13(4)8-11(2)18-20/h8,10,12,15H,5-7,9H2,1-4H3. The summed E-state index contributed by atoms with van der Waals surface area (Å²) in [6.45, 7) is 11.1. The van der Waals surface area contributed by atoms with Gasteiger partial charge in [-0.25, -0.2) is 0 Å². The molecule has 0 radical (unpaired) electrons. The second-order valence-electron chi connectivity index (χ2n) is 5.25. The van der Waals surface area contributed by atoms with E-state index in [4.69, 9.17) is 0 Å². The minimum Gasteiger partial charge on any atom is -0.318 e. The maximum absolute atomic E-state index is 4.49. The van der Waals surface area contributed by atoms with E-state index >= 15 is 0 Å².